The van der Waals surface area contributed by atoms with Gasteiger partial charge in [-0.25, -0.2) is 10.1 Å². The predicted octanol–water partition coefficient (Wildman–Crippen LogP) is 2.55. The number of ether oxygens (including phenoxy) is 1. The maximum absolute atomic E-state index is 12.8. The van der Waals surface area contributed by atoms with E-state index in [0.29, 0.717) is 69.9 Å². The highest BCUT2D eigenvalue weighted by Gasteiger charge is 2.31. The maximum atomic E-state index is 12.8. The van der Waals surface area contributed by atoms with Crippen LogP contribution in [0, 0.1) is 18.3 Å². The Hall–Kier alpha value is -4.23. The van der Waals surface area contributed by atoms with Crippen molar-refractivity contribution in [2.75, 3.05) is 49.2 Å². The molecule has 2 aromatic heterocycles. The van der Waals surface area contributed by atoms with E-state index >= 15 is 0 Å². The summed E-state index contributed by atoms with van der Waals surface area (Å²) < 4.78 is 6.07. The third-order valence-electron chi connectivity index (χ3n) is 7.31. The van der Waals surface area contributed by atoms with Crippen molar-refractivity contribution in [1.82, 2.24) is 20.1 Å². The van der Waals surface area contributed by atoms with Gasteiger partial charge in [0.25, 0.3) is 5.56 Å². The summed E-state index contributed by atoms with van der Waals surface area (Å²) in [6, 6.07) is 13.9. The predicted molar refractivity (Wildman–Crippen MR) is 143 cm³/mol. The van der Waals surface area contributed by atoms with Crippen LogP contribution in [0.25, 0.3) is 0 Å². The number of anilines is 2. The van der Waals surface area contributed by atoms with Crippen LogP contribution in [0.2, 0.25) is 0 Å². The first kappa shape index (κ1) is 25.4. The van der Waals surface area contributed by atoms with Gasteiger partial charge in [-0.15, -0.1) is 0 Å². The molecule has 0 unspecified atom stereocenters. The molecule has 0 bridgehead atoms. The Balaban J connectivity index is 1.10. The molecule has 1 aromatic carbocycles. The number of aromatic nitrogens is 3. The summed E-state index contributed by atoms with van der Waals surface area (Å²) >= 11 is 0. The fraction of sp³-hybridized carbons (Fsp3) is 0.393. The lowest BCUT2D eigenvalue weighted by atomic mass is 10.1. The molecule has 2 aliphatic heterocycles. The molecule has 0 saturated carbocycles. The van der Waals surface area contributed by atoms with Crippen LogP contribution >= 0.6 is 0 Å². The topological polar surface area (TPSA) is 118 Å². The number of amides is 1. The average molecular weight is 514 g/mol. The molecule has 1 fully saturated rings. The van der Waals surface area contributed by atoms with E-state index in [-0.39, 0.29) is 17.5 Å². The summed E-state index contributed by atoms with van der Waals surface area (Å²) in [4.78, 5) is 35.5. The molecular weight excluding hydrogens is 482 g/mol. The molecule has 38 heavy (non-hydrogen) atoms. The Bertz CT molecular complexity index is 1370. The van der Waals surface area contributed by atoms with Crippen LogP contribution in [0.3, 0.4) is 0 Å². The average Bonchev–Trinajstić information content (AvgIpc) is 3.32. The molecule has 1 amide bonds. The second-order valence-electron chi connectivity index (χ2n) is 9.62. The van der Waals surface area contributed by atoms with Crippen molar-refractivity contribution in [2.24, 2.45) is 0 Å². The van der Waals surface area contributed by atoms with Crippen molar-refractivity contribution in [2.45, 2.75) is 32.4 Å². The number of carbonyl (C=O) groups is 1. The van der Waals surface area contributed by atoms with Gasteiger partial charge in [-0.05, 0) is 36.6 Å². The number of aromatic amines is 1. The summed E-state index contributed by atoms with van der Waals surface area (Å²) in [5, 5.41) is 15.4. The fourth-order valence-corrected chi connectivity index (χ4v) is 5.14. The number of H-pyrrole nitrogens is 1. The summed E-state index contributed by atoms with van der Waals surface area (Å²) in [6.45, 7) is 6.19. The number of benzene rings is 1. The van der Waals surface area contributed by atoms with Crippen LogP contribution in [0.4, 0.5) is 11.5 Å². The molecule has 3 aromatic rings. The molecule has 4 heterocycles. The minimum atomic E-state index is -0.189. The number of rotatable bonds is 8. The monoisotopic (exact) mass is 513 g/mol. The van der Waals surface area contributed by atoms with Crippen molar-refractivity contribution in [3.63, 3.8) is 0 Å². The van der Waals surface area contributed by atoms with Crippen LogP contribution < -0.4 is 15.4 Å². The highest BCUT2D eigenvalue weighted by molar-refractivity contribution is 5.76. The van der Waals surface area contributed by atoms with Gasteiger partial charge in [0.2, 0.25) is 5.91 Å². The third-order valence-corrected chi connectivity index (χ3v) is 7.31. The molecule has 0 spiro atoms. The summed E-state index contributed by atoms with van der Waals surface area (Å²) in [5.74, 6) is 0.970. The number of fused-ring (bicyclic) bond motifs is 1. The Kier molecular flexibility index (Phi) is 7.65. The highest BCUT2D eigenvalue weighted by Crippen LogP contribution is 2.38. The maximum Gasteiger partial charge on any atom is 0.269 e. The lowest BCUT2D eigenvalue weighted by molar-refractivity contribution is -0.131. The number of pyridine rings is 1. The van der Waals surface area contributed by atoms with Crippen molar-refractivity contribution in [3.8, 4) is 6.07 Å². The molecule has 2 aliphatic rings. The summed E-state index contributed by atoms with van der Waals surface area (Å²) in [5.41, 5.74) is 4.20. The number of hydrogen-bond donors (Lipinski definition) is 1. The highest BCUT2D eigenvalue weighted by atomic mass is 16.5. The molecule has 196 valence electrons. The summed E-state index contributed by atoms with van der Waals surface area (Å²) in [7, 11) is 0. The van der Waals surface area contributed by atoms with Gasteiger partial charge in [0.05, 0.1) is 30.1 Å². The SMILES string of the molecule is Cc1c(N2Cc3ccccc3[C@H]2COCCCC(=O)N2CCN(c3ccc(C#N)cn3)CC2)cn[nH]c1=O. The Morgan fingerprint density at radius 1 is 1.16 bits per heavy atom. The third kappa shape index (κ3) is 5.38. The van der Waals surface area contributed by atoms with Gasteiger partial charge >= 0.3 is 0 Å². The fourth-order valence-electron chi connectivity index (χ4n) is 5.14. The lowest BCUT2D eigenvalue weighted by Gasteiger charge is -2.35. The first-order chi connectivity index (χ1) is 18.5. The molecule has 1 saturated heterocycles. The van der Waals surface area contributed by atoms with Gasteiger partial charge in [0.15, 0.2) is 0 Å². The minimum Gasteiger partial charge on any atom is -0.379 e. The first-order valence-electron chi connectivity index (χ1n) is 12.9. The Morgan fingerprint density at radius 2 is 1.97 bits per heavy atom. The Labute approximate surface area is 221 Å². The number of piperazine rings is 1. The molecule has 1 N–H and O–H groups in total. The number of hydrogen-bond acceptors (Lipinski definition) is 8. The van der Waals surface area contributed by atoms with E-state index in [1.54, 1.807) is 18.5 Å². The second-order valence-corrected chi connectivity index (χ2v) is 9.62. The second kappa shape index (κ2) is 11.4. The molecule has 0 radical (unpaired) electrons. The number of nitriles is 1. The van der Waals surface area contributed by atoms with E-state index in [1.807, 2.05) is 30.0 Å². The molecule has 5 rings (SSSR count). The molecule has 10 nitrogen and oxygen atoms in total. The smallest absolute Gasteiger partial charge is 0.269 e. The van der Waals surface area contributed by atoms with Gasteiger partial charge in [0, 0.05) is 57.5 Å². The standard InChI is InChI=1S/C28H31N7O3/c1-20-24(17-31-32-28(20)37)35-18-22-5-2-3-6-23(22)25(35)19-38-14-4-7-27(36)34-12-10-33(11-13-34)26-9-8-21(15-29)16-30-26/h2-3,5-6,8-9,16-17,25H,4,7,10-14,18-19H2,1H3,(H,32,37)/t25-/m1/s1. The number of nitrogens with zero attached hydrogens (tertiary/aromatic N) is 6. The van der Waals surface area contributed by atoms with Crippen LogP contribution in [-0.4, -0.2) is 65.4 Å². The largest absolute Gasteiger partial charge is 0.379 e. The molecule has 0 aliphatic carbocycles. The lowest BCUT2D eigenvalue weighted by Crippen LogP contribution is -2.49. The van der Waals surface area contributed by atoms with E-state index in [4.69, 9.17) is 10.00 Å². The Morgan fingerprint density at radius 3 is 2.74 bits per heavy atom. The van der Waals surface area contributed by atoms with Crippen molar-refractivity contribution < 1.29 is 9.53 Å². The zero-order valence-electron chi connectivity index (χ0n) is 21.5. The van der Waals surface area contributed by atoms with Gasteiger partial charge in [-0.2, -0.15) is 10.4 Å². The van der Waals surface area contributed by atoms with Crippen molar-refractivity contribution in [3.05, 3.63) is 81.4 Å². The van der Waals surface area contributed by atoms with Crippen molar-refractivity contribution in [1.29, 1.82) is 5.26 Å². The normalized spacial score (nSPS) is 16.8. The van der Waals surface area contributed by atoms with Crippen LogP contribution in [-0.2, 0) is 16.1 Å². The zero-order valence-corrected chi connectivity index (χ0v) is 21.5. The molecule has 1 atom stereocenters. The quantitative estimate of drug-likeness (QED) is 0.457. The van der Waals surface area contributed by atoms with E-state index in [2.05, 4.69) is 43.2 Å². The van der Waals surface area contributed by atoms with E-state index in [1.165, 1.54) is 11.1 Å². The van der Waals surface area contributed by atoms with Gasteiger partial charge < -0.3 is 19.4 Å². The van der Waals surface area contributed by atoms with Gasteiger partial charge in [-0.1, -0.05) is 24.3 Å². The van der Waals surface area contributed by atoms with Crippen LogP contribution in [0.1, 0.15) is 41.1 Å². The van der Waals surface area contributed by atoms with Gasteiger partial charge in [-0.3, -0.25) is 9.59 Å². The minimum absolute atomic E-state index is 0.0203. The van der Waals surface area contributed by atoms with Crippen molar-refractivity contribution >= 4 is 17.4 Å². The van der Waals surface area contributed by atoms with E-state index < -0.39 is 0 Å². The molecule has 10 heteroatoms. The number of nitrogens with one attached hydrogen (secondary N) is 1. The zero-order chi connectivity index (χ0) is 26.5. The van der Waals surface area contributed by atoms with E-state index in [0.717, 1.165) is 11.5 Å². The molecular formula is C28H31N7O3. The van der Waals surface area contributed by atoms with Crippen LogP contribution in [0.15, 0.2) is 53.6 Å². The van der Waals surface area contributed by atoms with Gasteiger partial charge in [0.1, 0.15) is 11.9 Å². The van der Waals surface area contributed by atoms with Crippen LogP contribution in [0.5, 0.6) is 0 Å². The number of carbonyl (C=O) groups excluding carboxylic acids is 1. The van der Waals surface area contributed by atoms with E-state index in [9.17, 15) is 9.59 Å². The first-order valence-corrected chi connectivity index (χ1v) is 12.9. The summed E-state index contributed by atoms with van der Waals surface area (Å²) in [6.07, 6.45) is 4.37.